The van der Waals surface area contributed by atoms with Crippen molar-refractivity contribution in [2.24, 2.45) is 4.99 Å². The maximum atomic E-state index is 5.10. The molecule has 22 heavy (non-hydrogen) atoms. The van der Waals surface area contributed by atoms with E-state index in [-0.39, 0.29) is 24.0 Å². The molecule has 0 heterocycles. The van der Waals surface area contributed by atoms with Gasteiger partial charge in [0, 0.05) is 33.9 Å². The Morgan fingerprint density at radius 3 is 2.32 bits per heavy atom. The van der Waals surface area contributed by atoms with Gasteiger partial charge in [-0.05, 0) is 24.5 Å². The van der Waals surface area contributed by atoms with Crippen molar-refractivity contribution in [3.63, 3.8) is 0 Å². The second-order valence-corrected chi connectivity index (χ2v) is 4.72. The number of benzene rings is 1. The summed E-state index contributed by atoms with van der Waals surface area (Å²) in [5, 5.41) is 6.54. The Bertz CT molecular complexity index is 410. The Balaban J connectivity index is 0.00000441. The van der Waals surface area contributed by atoms with Crippen LogP contribution in [0.25, 0.3) is 0 Å². The number of rotatable bonds is 9. The van der Waals surface area contributed by atoms with E-state index in [2.05, 4.69) is 46.8 Å². The van der Waals surface area contributed by atoms with E-state index in [0.717, 1.165) is 32.1 Å². The van der Waals surface area contributed by atoms with Crippen molar-refractivity contribution in [3.8, 4) is 0 Å². The van der Waals surface area contributed by atoms with Crippen LogP contribution in [0.5, 0.6) is 0 Å². The van der Waals surface area contributed by atoms with E-state index in [4.69, 9.17) is 9.47 Å². The minimum atomic E-state index is 0. The van der Waals surface area contributed by atoms with Gasteiger partial charge in [-0.15, -0.1) is 24.0 Å². The summed E-state index contributed by atoms with van der Waals surface area (Å²) in [5.41, 5.74) is 2.36. The lowest BCUT2D eigenvalue weighted by Gasteiger charge is -2.11. The van der Waals surface area contributed by atoms with E-state index in [1.54, 1.807) is 14.2 Å². The highest BCUT2D eigenvalue weighted by Crippen LogP contribution is 2.06. The lowest BCUT2D eigenvalue weighted by Crippen LogP contribution is -2.38. The maximum absolute atomic E-state index is 5.10. The number of methoxy groups -OCH3 is 2. The largest absolute Gasteiger partial charge is 0.385 e. The summed E-state index contributed by atoms with van der Waals surface area (Å²) in [4.78, 5) is 4.58. The summed E-state index contributed by atoms with van der Waals surface area (Å²) in [7, 11) is 3.42. The summed E-state index contributed by atoms with van der Waals surface area (Å²) < 4.78 is 10.1. The minimum Gasteiger partial charge on any atom is -0.385 e. The molecule has 0 atom stereocenters. The summed E-state index contributed by atoms with van der Waals surface area (Å²) in [6, 6.07) is 8.33. The Labute approximate surface area is 150 Å². The van der Waals surface area contributed by atoms with Crippen LogP contribution in [0.1, 0.15) is 24.5 Å². The molecule has 0 aliphatic carbocycles. The quantitative estimate of drug-likeness (QED) is 0.279. The van der Waals surface area contributed by atoms with Gasteiger partial charge in [-0.1, -0.05) is 24.3 Å². The van der Waals surface area contributed by atoms with Crippen LogP contribution in [0.2, 0.25) is 0 Å². The van der Waals surface area contributed by atoms with Gasteiger partial charge < -0.3 is 20.1 Å². The number of hydrogen-bond donors (Lipinski definition) is 2. The zero-order valence-electron chi connectivity index (χ0n) is 13.7. The van der Waals surface area contributed by atoms with Crippen molar-refractivity contribution in [2.45, 2.75) is 26.5 Å². The van der Waals surface area contributed by atoms with Crippen molar-refractivity contribution in [1.29, 1.82) is 0 Å². The molecule has 0 aliphatic rings. The summed E-state index contributed by atoms with van der Waals surface area (Å²) in [5.74, 6) is 0.842. The molecule has 0 aliphatic heterocycles. The van der Waals surface area contributed by atoms with Gasteiger partial charge in [0.05, 0.1) is 13.2 Å². The number of guanidine groups is 1. The van der Waals surface area contributed by atoms with E-state index < -0.39 is 0 Å². The molecule has 0 unspecified atom stereocenters. The first-order valence-electron chi connectivity index (χ1n) is 7.38. The average molecular weight is 421 g/mol. The van der Waals surface area contributed by atoms with Crippen LogP contribution in [0.4, 0.5) is 0 Å². The third kappa shape index (κ3) is 9.22. The molecular formula is C16H28IN3O2. The Hall–Kier alpha value is -0.860. The Morgan fingerprint density at radius 1 is 1.05 bits per heavy atom. The third-order valence-electron chi connectivity index (χ3n) is 2.92. The maximum Gasteiger partial charge on any atom is 0.191 e. The van der Waals surface area contributed by atoms with E-state index in [1.807, 2.05) is 0 Å². The van der Waals surface area contributed by atoms with Crippen LogP contribution in [0.15, 0.2) is 29.3 Å². The Kier molecular flexibility index (Phi) is 13.2. The first-order valence-corrected chi connectivity index (χ1v) is 7.38. The first-order chi connectivity index (χ1) is 10.3. The molecule has 0 saturated heterocycles. The SMILES string of the molecule is CCNC(=NCc1ccc(COC)cc1)NCCCOC.I. The fraction of sp³-hybridized carbons (Fsp3) is 0.562. The predicted molar refractivity (Wildman–Crippen MR) is 102 cm³/mol. The highest BCUT2D eigenvalue weighted by atomic mass is 127. The van der Waals surface area contributed by atoms with Crippen LogP contribution in [0, 0.1) is 0 Å². The molecule has 0 fully saturated rings. The molecule has 5 nitrogen and oxygen atoms in total. The number of nitrogens with zero attached hydrogens (tertiary/aromatic N) is 1. The highest BCUT2D eigenvalue weighted by Gasteiger charge is 1.98. The number of ether oxygens (including phenoxy) is 2. The average Bonchev–Trinajstić information content (AvgIpc) is 2.51. The normalized spacial score (nSPS) is 11.0. The summed E-state index contributed by atoms with van der Waals surface area (Å²) in [6.07, 6.45) is 0.965. The van der Waals surface area contributed by atoms with Crippen LogP contribution in [-0.2, 0) is 22.6 Å². The van der Waals surface area contributed by atoms with Crippen molar-refractivity contribution in [2.75, 3.05) is 33.9 Å². The van der Waals surface area contributed by atoms with Gasteiger partial charge in [-0.2, -0.15) is 0 Å². The van der Waals surface area contributed by atoms with Crippen LogP contribution in [-0.4, -0.2) is 39.9 Å². The van der Waals surface area contributed by atoms with Gasteiger partial charge in [0.15, 0.2) is 5.96 Å². The number of aliphatic imine (C=N–C) groups is 1. The topological polar surface area (TPSA) is 54.9 Å². The smallest absolute Gasteiger partial charge is 0.191 e. The molecule has 2 N–H and O–H groups in total. The molecule has 0 aromatic heterocycles. The monoisotopic (exact) mass is 421 g/mol. The van der Waals surface area contributed by atoms with Gasteiger partial charge in [-0.3, -0.25) is 0 Å². The number of nitrogens with one attached hydrogen (secondary N) is 2. The summed E-state index contributed by atoms with van der Waals surface area (Å²) in [6.45, 7) is 5.83. The molecular weight excluding hydrogens is 393 g/mol. The zero-order chi connectivity index (χ0) is 15.3. The molecule has 126 valence electrons. The number of halogens is 1. The van der Waals surface area contributed by atoms with E-state index in [1.165, 1.54) is 11.1 Å². The number of hydrogen-bond acceptors (Lipinski definition) is 3. The highest BCUT2D eigenvalue weighted by molar-refractivity contribution is 14.0. The second kappa shape index (κ2) is 13.8. The molecule has 0 amide bonds. The molecule has 1 rings (SSSR count). The fourth-order valence-electron chi connectivity index (χ4n) is 1.84. The Morgan fingerprint density at radius 2 is 1.73 bits per heavy atom. The van der Waals surface area contributed by atoms with Crippen molar-refractivity contribution in [3.05, 3.63) is 35.4 Å². The second-order valence-electron chi connectivity index (χ2n) is 4.72. The van der Waals surface area contributed by atoms with Gasteiger partial charge >= 0.3 is 0 Å². The molecule has 1 aromatic carbocycles. The first kappa shape index (κ1) is 21.1. The lowest BCUT2D eigenvalue weighted by molar-refractivity contribution is 0.185. The molecule has 0 spiro atoms. The molecule has 0 saturated carbocycles. The van der Waals surface area contributed by atoms with E-state index >= 15 is 0 Å². The van der Waals surface area contributed by atoms with Crippen LogP contribution < -0.4 is 10.6 Å². The fourth-order valence-corrected chi connectivity index (χ4v) is 1.84. The van der Waals surface area contributed by atoms with Crippen LogP contribution >= 0.6 is 24.0 Å². The van der Waals surface area contributed by atoms with Gasteiger partial charge in [-0.25, -0.2) is 4.99 Å². The molecule has 1 aromatic rings. The van der Waals surface area contributed by atoms with Gasteiger partial charge in [0.2, 0.25) is 0 Å². The van der Waals surface area contributed by atoms with Crippen molar-refractivity contribution in [1.82, 2.24) is 10.6 Å². The molecule has 0 bridgehead atoms. The summed E-state index contributed by atoms with van der Waals surface area (Å²) >= 11 is 0. The van der Waals surface area contributed by atoms with E-state index in [0.29, 0.717) is 13.2 Å². The standard InChI is InChI=1S/C16H27N3O2.HI/c1-4-17-16(18-10-5-11-20-2)19-12-14-6-8-15(9-7-14)13-21-3;/h6-9H,4-5,10-13H2,1-3H3,(H2,17,18,19);1H. The van der Waals surface area contributed by atoms with Gasteiger partial charge in [0.1, 0.15) is 0 Å². The lowest BCUT2D eigenvalue weighted by atomic mass is 10.1. The predicted octanol–water partition coefficient (Wildman–Crippen LogP) is 2.54. The van der Waals surface area contributed by atoms with Crippen molar-refractivity contribution >= 4 is 29.9 Å². The van der Waals surface area contributed by atoms with E-state index in [9.17, 15) is 0 Å². The molecule has 0 radical (unpaired) electrons. The third-order valence-corrected chi connectivity index (χ3v) is 2.92. The zero-order valence-corrected chi connectivity index (χ0v) is 16.1. The van der Waals surface area contributed by atoms with Gasteiger partial charge in [0.25, 0.3) is 0 Å². The minimum absolute atomic E-state index is 0. The van der Waals surface area contributed by atoms with Crippen molar-refractivity contribution < 1.29 is 9.47 Å². The van der Waals surface area contributed by atoms with Crippen LogP contribution in [0.3, 0.4) is 0 Å². The molecule has 6 heteroatoms.